The Balaban J connectivity index is 2.24. The minimum Gasteiger partial charge on any atom is -0.478 e. The molecule has 1 aromatic rings. The monoisotopic (exact) mass is 312 g/mol. The lowest BCUT2D eigenvalue weighted by molar-refractivity contribution is 0.0697. The average Bonchev–Trinajstić information content (AvgIpc) is 2.53. The Kier molecular flexibility index (Phi) is 4.24. The number of rotatable bonds is 2. The van der Waals surface area contributed by atoms with Gasteiger partial charge in [0.25, 0.3) is 0 Å². The van der Waals surface area contributed by atoms with Gasteiger partial charge in [0.2, 0.25) is 0 Å². The van der Waals surface area contributed by atoms with Crippen LogP contribution in [0.15, 0.2) is 22.7 Å². The Hall–Kier alpha value is -1.07. The van der Waals surface area contributed by atoms with E-state index < -0.39 is 5.97 Å². The molecule has 1 N–H and O–H groups in total. The van der Waals surface area contributed by atoms with Crippen LogP contribution in [-0.2, 0) is 0 Å². The fourth-order valence-electron chi connectivity index (χ4n) is 2.18. The molecule has 0 saturated carbocycles. The molecule has 2 rings (SSSR count). The predicted octanol–water partition coefficient (Wildman–Crippen LogP) is 2.29. The van der Waals surface area contributed by atoms with Gasteiger partial charge in [-0.3, -0.25) is 0 Å². The molecule has 0 aromatic heterocycles. The van der Waals surface area contributed by atoms with Crippen molar-refractivity contribution in [3.63, 3.8) is 0 Å². The third-order valence-electron chi connectivity index (χ3n) is 3.21. The zero-order chi connectivity index (χ0) is 13.1. The first kappa shape index (κ1) is 13.4. The van der Waals surface area contributed by atoms with E-state index in [2.05, 4.69) is 32.8 Å². The summed E-state index contributed by atoms with van der Waals surface area (Å²) in [5.41, 5.74) is 1.31. The molecule has 0 aliphatic carbocycles. The zero-order valence-corrected chi connectivity index (χ0v) is 12.0. The lowest BCUT2D eigenvalue weighted by Crippen LogP contribution is -2.28. The molecule has 98 valence electrons. The summed E-state index contributed by atoms with van der Waals surface area (Å²) < 4.78 is 0.815. The summed E-state index contributed by atoms with van der Waals surface area (Å²) in [7, 11) is 2.12. The maximum Gasteiger partial charge on any atom is 0.335 e. The van der Waals surface area contributed by atoms with E-state index in [1.54, 1.807) is 12.1 Å². The second kappa shape index (κ2) is 5.71. The maximum atomic E-state index is 11.1. The van der Waals surface area contributed by atoms with Crippen molar-refractivity contribution in [2.24, 2.45) is 0 Å². The van der Waals surface area contributed by atoms with Gasteiger partial charge in [0.05, 0.1) is 5.56 Å². The summed E-state index contributed by atoms with van der Waals surface area (Å²) in [6, 6.07) is 5.37. The van der Waals surface area contributed by atoms with E-state index in [4.69, 9.17) is 5.11 Å². The predicted molar refractivity (Wildman–Crippen MR) is 75.4 cm³/mol. The number of carboxylic acid groups (broad SMARTS) is 1. The average molecular weight is 313 g/mol. The van der Waals surface area contributed by atoms with Crippen LogP contribution in [0, 0.1) is 0 Å². The van der Waals surface area contributed by atoms with E-state index in [1.807, 2.05) is 6.07 Å². The van der Waals surface area contributed by atoms with Crippen LogP contribution in [0.25, 0.3) is 0 Å². The SMILES string of the molecule is CN1CCCN(c2cc(Br)cc(C(=O)O)c2)CC1. The molecular weight excluding hydrogens is 296 g/mol. The molecule has 4 nitrogen and oxygen atoms in total. The normalized spacial score (nSPS) is 17.6. The molecule has 18 heavy (non-hydrogen) atoms. The van der Waals surface area contributed by atoms with Crippen molar-refractivity contribution in [2.45, 2.75) is 6.42 Å². The quantitative estimate of drug-likeness (QED) is 0.910. The summed E-state index contributed by atoms with van der Waals surface area (Å²) in [6.45, 7) is 4.01. The second-order valence-corrected chi connectivity index (χ2v) is 5.56. The Morgan fingerprint density at radius 2 is 2.00 bits per heavy atom. The lowest BCUT2D eigenvalue weighted by Gasteiger charge is -2.23. The van der Waals surface area contributed by atoms with Crippen molar-refractivity contribution in [3.05, 3.63) is 28.2 Å². The number of nitrogens with zero attached hydrogens (tertiary/aromatic N) is 2. The van der Waals surface area contributed by atoms with Crippen LogP contribution >= 0.6 is 15.9 Å². The molecule has 1 aliphatic rings. The number of carbonyl (C=O) groups is 1. The first-order chi connectivity index (χ1) is 8.56. The van der Waals surface area contributed by atoms with Gasteiger partial charge in [-0.2, -0.15) is 0 Å². The van der Waals surface area contributed by atoms with Gasteiger partial charge >= 0.3 is 5.97 Å². The minimum absolute atomic E-state index is 0.331. The van der Waals surface area contributed by atoms with E-state index >= 15 is 0 Å². The van der Waals surface area contributed by atoms with Crippen LogP contribution in [0.4, 0.5) is 5.69 Å². The Morgan fingerprint density at radius 1 is 1.22 bits per heavy atom. The minimum atomic E-state index is -0.885. The summed E-state index contributed by atoms with van der Waals surface area (Å²) >= 11 is 3.38. The molecule has 0 unspecified atom stereocenters. The standard InChI is InChI=1S/C13H17BrN2O2/c1-15-3-2-4-16(6-5-15)12-8-10(13(17)18)7-11(14)9-12/h7-9H,2-6H2,1H3,(H,17,18). The van der Waals surface area contributed by atoms with E-state index in [0.717, 1.165) is 42.8 Å². The molecule has 5 heteroatoms. The summed E-state index contributed by atoms with van der Waals surface area (Å²) in [6.07, 6.45) is 1.10. The van der Waals surface area contributed by atoms with Gasteiger partial charge in [0.1, 0.15) is 0 Å². The third kappa shape index (κ3) is 3.23. The van der Waals surface area contributed by atoms with Crippen LogP contribution in [0.1, 0.15) is 16.8 Å². The summed E-state index contributed by atoms with van der Waals surface area (Å²) in [5, 5.41) is 9.08. The zero-order valence-electron chi connectivity index (χ0n) is 10.4. The van der Waals surface area contributed by atoms with Crippen molar-refractivity contribution >= 4 is 27.6 Å². The molecule has 1 fully saturated rings. The van der Waals surface area contributed by atoms with Crippen LogP contribution < -0.4 is 4.90 Å². The van der Waals surface area contributed by atoms with E-state index in [1.165, 1.54) is 0 Å². The van der Waals surface area contributed by atoms with Crippen molar-refractivity contribution in [1.82, 2.24) is 4.90 Å². The second-order valence-electron chi connectivity index (χ2n) is 4.65. The van der Waals surface area contributed by atoms with Gasteiger partial charge in [0.15, 0.2) is 0 Å². The molecule has 0 atom stereocenters. The van der Waals surface area contributed by atoms with Crippen LogP contribution in [0.5, 0.6) is 0 Å². The van der Waals surface area contributed by atoms with Gasteiger partial charge in [-0.25, -0.2) is 4.79 Å². The van der Waals surface area contributed by atoms with Crippen LogP contribution in [0.3, 0.4) is 0 Å². The maximum absolute atomic E-state index is 11.1. The number of halogens is 1. The van der Waals surface area contributed by atoms with Gasteiger partial charge in [0, 0.05) is 29.8 Å². The number of hydrogen-bond donors (Lipinski definition) is 1. The largest absolute Gasteiger partial charge is 0.478 e. The molecule has 0 spiro atoms. The molecule has 1 aliphatic heterocycles. The van der Waals surface area contributed by atoms with Gasteiger partial charge in [-0.15, -0.1) is 0 Å². The van der Waals surface area contributed by atoms with Crippen molar-refractivity contribution in [2.75, 3.05) is 38.1 Å². The number of benzene rings is 1. The number of carboxylic acids is 1. The highest BCUT2D eigenvalue weighted by Gasteiger charge is 2.15. The first-order valence-corrected chi connectivity index (χ1v) is 6.83. The number of anilines is 1. The number of hydrogen-bond acceptors (Lipinski definition) is 3. The highest BCUT2D eigenvalue weighted by atomic mass is 79.9. The van der Waals surface area contributed by atoms with Crippen molar-refractivity contribution < 1.29 is 9.90 Å². The molecule has 1 heterocycles. The van der Waals surface area contributed by atoms with Crippen molar-refractivity contribution in [1.29, 1.82) is 0 Å². The van der Waals surface area contributed by atoms with E-state index in [-0.39, 0.29) is 0 Å². The highest BCUT2D eigenvalue weighted by Crippen LogP contribution is 2.24. The lowest BCUT2D eigenvalue weighted by atomic mass is 10.2. The molecular formula is C13H17BrN2O2. The fourth-order valence-corrected chi connectivity index (χ4v) is 2.67. The van der Waals surface area contributed by atoms with Crippen LogP contribution in [-0.4, -0.2) is 49.2 Å². The topological polar surface area (TPSA) is 43.8 Å². The van der Waals surface area contributed by atoms with E-state index in [9.17, 15) is 4.79 Å². The molecule has 0 radical (unpaired) electrons. The molecule has 1 aromatic carbocycles. The molecule has 0 amide bonds. The summed E-state index contributed by atoms with van der Waals surface area (Å²) in [4.78, 5) is 15.6. The first-order valence-electron chi connectivity index (χ1n) is 6.03. The smallest absolute Gasteiger partial charge is 0.335 e. The van der Waals surface area contributed by atoms with Crippen molar-refractivity contribution in [3.8, 4) is 0 Å². The summed E-state index contributed by atoms with van der Waals surface area (Å²) in [5.74, 6) is -0.885. The molecule has 1 saturated heterocycles. The van der Waals surface area contributed by atoms with Crippen LogP contribution in [0.2, 0.25) is 0 Å². The number of likely N-dealkylation sites (N-methyl/N-ethyl adjacent to an activating group) is 1. The Morgan fingerprint density at radius 3 is 2.72 bits per heavy atom. The molecule has 0 bridgehead atoms. The Bertz CT molecular complexity index is 451. The fraction of sp³-hybridized carbons (Fsp3) is 0.462. The highest BCUT2D eigenvalue weighted by molar-refractivity contribution is 9.10. The van der Waals surface area contributed by atoms with Gasteiger partial charge in [-0.05, 0) is 38.2 Å². The number of aromatic carboxylic acids is 1. The van der Waals surface area contributed by atoms with Gasteiger partial charge < -0.3 is 14.9 Å². The van der Waals surface area contributed by atoms with E-state index in [0.29, 0.717) is 5.56 Å². The third-order valence-corrected chi connectivity index (χ3v) is 3.67. The van der Waals surface area contributed by atoms with Gasteiger partial charge in [-0.1, -0.05) is 15.9 Å². The Labute approximate surface area is 115 Å².